The predicted molar refractivity (Wildman–Crippen MR) is 68.0 cm³/mol. The fourth-order valence-corrected chi connectivity index (χ4v) is 1.64. The summed E-state index contributed by atoms with van der Waals surface area (Å²) < 4.78 is 2.81. The number of rotatable bonds is 4. The number of imidazole rings is 1. The van der Waals surface area contributed by atoms with Crippen molar-refractivity contribution >= 4 is 5.91 Å². The second-order valence-electron chi connectivity index (χ2n) is 4.08. The monoisotopic (exact) mass is 245 g/mol. The molecule has 5 nitrogen and oxygen atoms in total. The Morgan fingerprint density at radius 3 is 2.56 bits per heavy atom. The molecule has 0 aliphatic carbocycles. The van der Waals surface area contributed by atoms with E-state index in [1.54, 1.807) is 19.4 Å². The number of aromatic nitrogens is 2. The van der Waals surface area contributed by atoms with Crippen LogP contribution in [-0.4, -0.2) is 15.0 Å². The first kappa shape index (κ1) is 12.2. The van der Waals surface area contributed by atoms with Crippen LogP contribution in [0.4, 0.5) is 0 Å². The molecule has 5 heteroatoms. The van der Waals surface area contributed by atoms with E-state index in [-0.39, 0.29) is 18.1 Å². The Hall–Kier alpha value is -2.30. The molecule has 0 spiro atoms. The average molecular weight is 245 g/mol. The summed E-state index contributed by atoms with van der Waals surface area (Å²) in [6.07, 6.45) is 3.23. The SMILES string of the molecule is Cn1ccn(CC(=O)NCc2ccccc2)c1=O. The van der Waals surface area contributed by atoms with Crippen LogP contribution in [0.25, 0.3) is 0 Å². The minimum atomic E-state index is -0.190. The molecule has 0 saturated heterocycles. The number of carbonyl (C=O) groups is 1. The van der Waals surface area contributed by atoms with Gasteiger partial charge in [-0.2, -0.15) is 0 Å². The normalized spacial score (nSPS) is 10.3. The topological polar surface area (TPSA) is 56.0 Å². The Bertz CT molecular complexity index is 584. The van der Waals surface area contributed by atoms with Gasteiger partial charge in [-0.3, -0.25) is 9.36 Å². The van der Waals surface area contributed by atoms with Crippen molar-refractivity contribution in [3.63, 3.8) is 0 Å². The Labute approximate surface area is 105 Å². The largest absolute Gasteiger partial charge is 0.350 e. The average Bonchev–Trinajstić information content (AvgIpc) is 2.70. The third kappa shape index (κ3) is 2.88. The molecule has 0 aliphatic heterocycles. The summed E-state index contributed by atoms with van der Waals surface area (Å²) in [7, 11) is 1.65. The zero-order chi connectivity index (χ0) is 13.0. The van der Waals surface area contributed by atoms with E-state index in [2.05, 4.69) is 5.32 Å². The number of amides is 1. The summed E-state index contributed by atoms with van der Waals surface area (Å²) in [6.45, 7) is 0.522. The highest BCUT2D eigenvalue weighted by atomic mass is 16.2. The first-order valence-corrected chi connectivity index (χ1v) is 5.69. The molecule has 0 saturated carbocycles. The highest BCUT2D eigenvalue weighted by Gasteiger charge is 2.05. The number of benzene rings is 1. The molecule has 1 N–H and O–H groups in total. The van der Waals surface area contributed by atoms with E-state index < -0.39 is 0 Å². The van der Waals surface area contributed by atoms with Crippen LogP contribution >= 0.6 is 0 Å². The zero-order valence-electron chi connectivity index (χ0n) is 10.2. The molecule has 0 radical (unpaired) electrons. The minimum absolute atomic E-state index is 0.0481. The highest BCUT2D eigenvalue weighted by Crippen LogP contribution is 1.97. The van der Waals surface area contributed by atoms with Crippen LogP contribution in [0.15, 0.2) is 47.5 Å². The van der Waals surface area contributed by atoms with Gasteiger partial charge in [0.2, 0.25) is 5.91 Å². The van der Waals surface area contributed by atoms with Crippen LogP contribution in [0.1, 0.15) is 5.56 Å². The van der Waals surface area contributed by atoms with Gasteiger partial charge in [0.1, 0.15) is 6.54 Å². The lowest BCUT2D eigenvalue weighted by molar-refractivity contribution is -0.121. The number of hydrogen-bond acceptors (Lipinski definition) is 2. The second kappa shape index (κ2) is 5.35. The van der Waals surface area contributed by atoms with E-state index in [0.717, 1.165) is 5.56 Å². The maximum Gasteiger partial charge on any atom is 0.328 e. The molecule has 0 atom stereocenters. The first-order valence-electron chi connectivity index (χ1n) is 5.69. The van der Waals surface area contributed by atoms with Gasteiger partial charge in [0.05, 0.1) is 0 Å². The fourth-order valence-electron chi connectivity index (χ4n) is 1.64. The summed E-state index contributed by atoms with van der Waals surface area (Å²) in [5.74, 6) is -0.174. The summed E-state index contributed by atoms with van der Waals surface area (Å²) in [5.41, 5.74) is 0.844. The molecular weight excluding hydrogens is 230 g/mol. The number of nitrogens with zero attached hydrogens (tertiary/aromatic N) is 2. The van der Waals surface area contributed by atoms with E-state index in [4.69, 9.17) is 0 Å². The lowest BCUT2D eigenvalue weighted by atomic mass is 10.2. The quantitative estimate of drug-likeness (QED) is 0.853. The van der Waals surface area contributed by atoms with Gasteiger partial charge in [-0.25, -0.2) is 4.79 Å². The smallest absolute Gasteiger partial charge is 0.328 e. The van der Waals surface area contributed by atoms with E-state index in [0.29, 0.717) is 6.54 Å². The van der Waals surface area contributed by atoms with Gasteiger partial charge in [-0.1, -0.05) is 30.3 Å². The standard InChI is InChI=1S/C13H15N3O2/c1-15-7-8-16(13(15)18)10-12(17)14-9-11-5-3-2-4-6-11/h2-8H,9-10H2,1H3,(H,14,17). The maximum atomic E-state index is 11.7. The van der Waals surface area contributed by atoms with Crippen molar-refractivity contribution in [3.05, 3.63) is 58.8 Å². The van der Waals surface area contributed by atoms with Crippen molar-refractivity contribution in [1.29, 1.82) is 0 Å². The lowest BCUT2D eigenvalue weighted by Crippen LogP contribution is -2.32. The number of aryl methyl sites for hydroxylation is 1. The molecule has 1 aromatic carbocycles. The van der Waals surface area contributed by atoms with Gasteiger partial charge >= 0.3 is 5.69 Å². The van der Waals surface area contributed by atoms with E-state index >= 15 is 0 Å². The third-order valence-electron chi connectivity index (χ3n) is 2.66. The summed E-state index contributed by atoms with van der Waals surface area (Å²) in [6, 6.07) is 9.64. The van der Waals surface area contributed by atoms with E-state index in [9.17, 15) is 9.59 Å². The van der Waals surface area contributed by atoms with Crippen LogP contribution in [0, 0.1) is 0 Å². The molecule has 0 fully saturated rings. The Morgan fingerprint density at radius 2 is 1.94 bits per heavy atom. The van der Waals surface area contributed by atoms with Gasteiger partial charge in [0.15, 0.2) is 0 Å². The van der Waals surface area contributed by atoms with Crippen LogP contribution in [0.3, 0.4) is 0 Å². The van der Waals surface area contributed by atoms with Gasteiger partial charge in [0.25, 0.3) is 0 Å². The molecule has 2 aromatic rings. The van der Waals surface area contributed by atoms with Crippen LogP contribution < -0.4 is 11.0 Å². The highest BCUT2D eigenvalue weighted by molar-refractivity contribution is 5.75. The van der Waals surface area contributed by atoms with Crippen LogP contribution in [0.2, 0.25) is 0 Å². The first-order chi connectivity index (χ1) is 8.66. The molecule has 18 heavy (non-hydrogen) atoms. The number of carbonyl (C=O) groups excluding carboxylic acids is 1. The summed E-state index contributed by atoms with van der Waals surface area (Å²) in [5, 5.41) is 2.78. The van der Waals surface area contributed by atoms with E-state index in [1.165, 1.54) is 9.13 Å². The van der Waals surface area contributed by atoms with Gasteiger partial charge in [-0.05, 0) is 5.56 Å². The van der Waals surface area contributed by atoms with Crippen molar-refractivity contribution in [2.45, 2.75) is 13.1 Å². The van der Waals surface area contributed by atoms with Crippen molar-refractivity contribution in [2.75, 3.05) is 0 Å². The van der Waals surface area contributed by atoms with Gasteiger partial charge < -0.3 is 9.88 Å². The van der Waals surface area contributed by atoms with Gasteiger partial charge in [0, 0.05) is 26.0 Å². The predicted octanol–water partition coefficient (Wildman–Crippen LogP) is 0.503. The maximum absolute atomic E-state index is 11.7. The lowest BCUT2D eigenvalue weighted by Gasteiger charge is -2.05. The molecule has 0 unspecified atom stereocenters. The van der Waals surface area contributed by atoms with Crippen molar-refractivity contribution < 1.29 is 4.79 Å². The van der Waals surface area contributed by atoms with Crippen molar-refractivity contribution in [1.82, 2.24) is 14.5 Å². The molecule has 1 amide bonds. The van der Waals surface area contributed by atoms with Crippen LogP contribution in [0.5, 0.6) is 0 Å². The third-order valence-corrected chi connectivity index (χ3v) is 2.66. The van der Waals surface area contributed by atoms with Gasteiger partial charge in [-0.15, -0.1) is 0 Å². The van der Waals surface area contributed by atoms with Crippen molar-refractivity contribution in [3.8, 4) is 0 Å². The minimum Gasteiger partial charge on any atom is -0.350 e. The van der Waals surface area contributed by atoms with E-state index in [1.807, 2.05) is 30.3 Å². The number of hydrogen-bond donors (Lipinski definition) is 1. The second-order valence-corrected chi connectivity index (χ2v) is 4.08. The molecule has 1 aromatic heterocycles. The van der Waals surface area contributed by atoms with Crippen molar-refractivity contribution in [2.24, 2.45) is 7.05 Å². The molecule has 94 valence electrons. The summed E-state index contributed by atoms with van der Waals surface area (Å²) in [4.78, 5) is 23.2. The molecule has 1 heterocycles. The molecule has 2 rings (SSSR count). The number of nitrogens with one attached hydrogen (secondary N) is 1. The Balaban J connectivity index is 1.90. The molecule has 0 aliphatic rings. The zero-order valence-corrected chi connectivity index (χ0v) is 10.2. The summed E-state index contributed by atoms with van der Waals surface area (Å²) >= 11 is 0. The fraction of sp³-hybridized carbons (Fsp3) is 0.231. The molecule has 0 bridgehead atoms. The molecular formula is C13H15N3O2. The van der Waals surface area contributed by atoms with Crippen LogP contribution in [-0.2, 0) is 24.9 Å². The Morgan fingerprint density at radius 1 is 1.22 bits per heavy atom. The Kier molecular flexibility index (Phi) is 3.62.